The van der Waals surface area contributed by atoms with Gasteiger partial charge in [-0.1, -0.05) is 35.9 Å². The SMILES string of the molecule is CN1CCN(c2cccc(Nc3cc4c(cn3)cc(-c3ccccc3Cl)c(=O)n4C)c2)CC1. The standard InChI is InChI=1S/C26H26ClN5O/c1-30-10-12-32(13-11-30)20-7-5-6-19(15-20)29-25-16-24-18(17-28-25)14-22(26(33)31(24)2)21-8-3-4-9-23(21)27/h3-9,14-17H,10-13H2,1-2H3,(H,28,29). The van der Waals surface area contributed by atoms with Crippen molar-refractivity contribution in [2.75, 3.05) is 43.4 Å². The van der Waals surface area contributed by atoms with E-state index in [2.05, 4.69) is 45.3 Å². The highest BCUT2D eigenvalue weighted by atomic mass is 35.5. The Morgan fingerprint density at radius 1 is 0.909 bits per heavy atom. The topological polar surface area (TPSA) is 53.4 Å². The van der Waals surface area contributed by atoms with E-state index >= 15 is 0 Å². The second-order valence-electron chi connectivity index (χ2n) is 8.50. The number of likely N-dealkylation sites (N-methyl/N-ethyl adjacent to an activating group) is 1. The van der Waals surface area contributed by atoms with Crippen LogP contribution < -0.4 is 15.8 Å². The van der Waals surface area contributed by atoms with E-state index in [4.69, 9.17) is 11.6 Å². The van der Waals surface area contributed by atoms with Crippen LogP contribution in [-0.4, -0.2) is 47.7 Å². The third-order valence-corrected chi connectivity index (χ3v) is 6.59. The summed E-state index contributed by atoms with van der Waals surface area (Å²) in [7, 11) is 3.94. The molecule has 7 heteroatoms. The van der Waals surface area contributed by atoms with E-state index in [1.54, 1.807) is 23.9 Å². The zero-order valence-corrected chi connectivity index (χ0v) is 19.5. The molecule has 4 aromatic rings. The van der Waals surface area contributed by atoms with Crippen molar-refractivity contribution in [3.05, 3.63) is 82.2 Å². The van der Waals surface area contributed by atoms with Crippen molar-refractivity contribution >= 4 is 39.7 Å². The predicted octanol–water partition coefficient (Wildman–Crippen LogP) is 4.75. The Hall–Kier alpha value is -3.35. The predicted molar refractivity (Wildman–Crippen MR) is 137 cm³/mol. The highest BCUT2D eigenvalue weighted by molar-refractivity contribution is 6.33. The quantitative estimate of drug-likeness (QED) is 0.477. The smallest absolute Gasteiger partial charge is 0.258 e. The van der Waals surface area contributed by atoms with Crippen LogP contribution >= 0.6 is 11.6 Å². The summed E-state index contributed by atoms with van der Waals surface area (Å²) in [4.78, 5) is 22.5. The van der Waals surface area contributed by atoms with Crippen LogP contribution in [-0.2, 0) is 7.05 Å². The second kappa shape index (κ2) is 8.89. The summed E-state index contributed by atoms with van der Waals surface area (Å²) in [6.45, 7) is 4.16. The molecule has 0 spiro atoms. The molecule has 1 fully saturated rings. The van der Waals surface area contributed by atoms with Crippen molar-refractivity contribution in [1.29, 1.82) is 0 Å². The number of piperazine rings is 1. The molecule has 5 rings (SSSR count). The highest BCUT2D eigenvalue weighted by Crippen LogP contribution is 2.28. The largest absolute Gasteiger partial charge is 0.369 e. The number of aryl methyl sites for hydroxylation is 1. The van der Waals surface area contributed by atoms with Gasteiger partial charge in [-0.3, -0.25) is 4.79 Å². The minimum absolute atomic E-state index is 0.0928. The van der Waals surface area contributed by atoms with Crippen molar-refractivity contribution in [1.82, 2.24) is 14.5 Å². The van der Waals surface area contributed by atoms with Crippen LogP contribution in [0, 0.1) is 0 Å². The van der Waals surface area contributed by atoms with Crippen LogP contribution in [0.3, 0.4) is 0 Å². The van der Waals surface area contributed by atoms with Gasteiger partial charge in [0, 0.05) is 78.4 Å². The number of nitrogens with one attached hydrogen (secondary N) is 1. The van der Waals surface area contributed by atoms with Crippen LogP contribution in [0.4, 0.5) is 17.2 Å². The van der Waals surface area contributed by atoms with E-state index in [0.29, 0.717) is 16.4 Å². The lowest BCUT2D eigenvalue weighted by Gasteiger charge is -2.34. The lowest BCUT2D eigenvalue weighted by atomic mass is 10.1. The molecular weight excluding hydrogens is 434 g/mol. The molecule has 168 valence electrons. The fraction of sp³-hybridized carbons (Fsp3) is 0.231. The first-order valence-electron chi connectivity index (χ1n) is 11.0. The fourth-order valence-corrected chi connectivity index (χ4v) is 4.54. The Balaban J connectivity index is 1.45. The van der Waals surface area contributed by atoms with Gasteiger partial charge >= 0.3 is 0 Å². The number of fused-ring (bicyclic) bond motifs is 1. The lowest BCUT2D eigenvalue weighted by molar-refractivity contribution is 0.313. The maximum Gasteiger partial charge on any atom is 0.258 e. The zero-order valence-electron chi connectivity index (χ0n) is 18.8. The number of hydrogen-bond acceptors (Lipinski definition) is 5. The summed E-state index contributed by atoms with van der Waals surface area (Å²) in [5.41, 5.74) is 4.18. The van der Waals surface area contributed by atoms with Crippen molar-refractivity contribution < 1.29 is 0 Å². The van der Waals surface area contributed by atoms with Gasteiger partial charge in [-0.2, -0.15) is 0 Å². The summed E-state index contributed by atoms with van der Waals surface area (Å²) < 4.78 is 1.65. The van der Waals surface area contributed by atoms with Gasteiger partial charge in [0.05, 0.1) is 5.52 Å². The molecule has 0 radical (unpaired) electrons. The molecule has 0 atom stereocenters. The summed E-state index contributed by atoms with van der Waals surface area (Å²) in [5, 5.41) is 4.84. The van der Waals surface area contributed by atoms with Crippen molar-refractivity contribution in [3.8, 4) is 11.1 Å². The summed E-state index contributed by atoms with van der Waals surface area (Å²) in [6, 6.07) is 19.6. The molecule has 1 N–H and O–H groups in total. The van der Waals surface area contributed by atoms with Gasteiger partial charge in [0.2, 0.25) is 0 Å². The number of rotatable bonds is 4. The second-order valence-corrected chi connectivity index (χ2v) is 8.90. The molecule has 2 aromatic carbocycles. The van der Waals surface area contributed by atoms with Crippen LogP contribution in [0.5, 0.6) is 0 Å². The zero-order chi connectivity index (χ0) is 22.9. The van der Waals surface area contributed by atoms with E-state index in [0.717, 1.165) is 48.3 Å². The highest BCUT2D eigenvalue weighted by Gasteiger charge is 2.15. The first-order valence-corrected chi connectivity index (χ1v) is 11.4. The lowest BCUT2D eigenvalue weighted by Crippen LogP contribution is -2.44. The van der Waals surface area contributed by atoms with Gasteiger partial charge in [0.15, 0.2) is 0 Å². The first-order chi connectivity index (χ1) is 16.0. The number of aromatic nitrogens is 2. The number of nitrogens with zero attached hydrogens (tertiary/aromatic N) is 4. The van der Waals surface area contributed by atoms with Crippen molar-refractivity contribution in [2.24, 2.45) is 7.05 Å². The number of anilines is 3. The number of pyridine rings is 2. The van der Waals surface area contributed by atoms with E-state index in [1.165, 1.54) is 5.69 Å². The summed E-state index contributed by atoms with van der Waals surface area (Å²) in [5.74, 6) is 0.693. The van der Waals surface area contributed by atoms with Crippen LogP contribution in [0.25, 0.3) is 22.0 Å². The normalized spacial score (nSPS) is 14.6. The van der Waals surface area contributed by atoms with Gasteiger partial charge < -0.3 is 19.7 Å². The van der Waals surface area contributed by atoms with Crippen LogP contribution in [0.1, 0.15) is 0 Å². The molecule has 2 aromatic heterocycles. The van der Waals surface area contributed by atoms with Crippen LogP contribution in [0.15, 0.2) is 71.7 Å². The molecule has 1 saturated heterocycles. The molecule has 0 amide bonds. The summed E-state index contributed by atoms with van der Waals surface area (Å²) >= 11 is 6.35. The van der Waals surface area contributed by atoms with E-state index in [1.807, 2.05) is 36.4 Å². The van der Waals surface area contributed by atoms with E-state index in [-0.39, 0.29) is 5.56 Å². The third kappa shape index (κ3) is 4.32. The van der Waals surface area contributed by atoms with Gasteiger partial charge in [-0.15, -0.1) is 0 Å². The molecule has 33 heavy (non-hydrogen) atoms. The summed E-state index contributed by atoms with van der Waals surface area (Å²) in [6.07, 6.45) is 1.79. The van der Waals surface area contributed by atoms with Gasteiger partial charge in [-0.05, 0) is 37.4 Å². The van der Waals surface area contributed by atoms with Crippen molar-refractivity contribution in [3.63, 3.8) is 0 Å². The van der Waals surface area contributed by atoms with Gasteiger partial charge in [-0.25, -0.2) is 4.98 Å². The Morgan fingerprint density at radius 2 is 1.70 bits per heavy atom. The molecule has 0 unspecified atom stereocenters. The monoisotopic (exact) mass is 459 g/mol. The number of benzene rings is 2. The number of hydrogen-bond donors (Lipinski definition) is 1. The fourth-order valence-electron chi connectivity index (χ4n) is 4.30. The van der Waals surface area contributed by atoms with Crippen molar-refractivity contribution in [2.45, 2.75) is 0 Å². The van der Waals surface area contributed by atoms with Crippen LogP contribution in [0.2, 0.25) is 5.02 Å². The average Bonchev–Trinajstić information content (AvgIpc) is 2.83. The Labute approximate surface area is 198 Å². The van der Waals surface area contributed by atoms with Gasteiger partial charge in [0.1, 0.15) is 5.82 Å². The molecule has 3 heterocycles. The minimum atomic E-state index is -0.0928. The Kier molecular flexibility index (Phi) is 5.79. The minimum Gasteiger partial charge on any atom is -0.369 e. The van der Waals surface area contributed by atoms with E-state index in [9.17, 15) is 4.79 Å². The maximum absolute atomic E-state index is 13.1. The van der Waals surface area contributed by atoms with E-state index < -0.39 is 0 Å². The molecule has 0 saturated carbocycles. The molecule has 1 aliphatic rings. The van der Waals surface area contributed by atoms with Gasteiger partial charge in [0.25, 0.3) is 5.56 Å². The Bertz CT molecular complexity index is 1370. The molecular formula is C26H26ClN5O. The molecule has 0 aliphatic carbocycles. The molecule has 0 bridgehead atoms. The maximum atomic E-state index is 13.1. The first kappa shape index (κ1) is 21.5. The third-order valence-electron chi connectivity index (χ3n) is 6.26. The average molecular weight is 460 g/mol. The Morgan fingerprint density at radius 3 is 2.48 bits per heavy atom. The molecule has 6 nitrogen and oxygen atoms in total. The number of halogens is 1. The molecule has 1 aliphatic heterocycles.